The van der Waals surface area contributed by atoms with E-state index in [9.17, 15) is 15.2 Å². The molecule has 7 heteroatoms. The SMILES string of the molecule is Cc1nn(C(C)C)c(NC(CO)CC(C)C)c1[N+](=O)[O-]. The number of hydrogen-bond donors (Lipinski definition) is 2. The van der Waals surface area contributed by atoms with Crippen molar-refractivity contribution in [3.05, 3.63) is 15.8 Å². The van der Waals surface area contributed by atoms with Crippen LogP contribution in [0.5, 0.6) is 0 Å². The van der Waals surface area contributed by atoms with Gasteiger partial charge in [-0.2, -0.15) is 5.10 Å². The van der Waals surface area contributed by atoms with Crippen molar-refractivity contribution in [1.82, 2.24) is 9.78 Å². The van der Waals surface area contributed by atoms with Gasteiger partial charge in [0.15, 0.2) is 0 Å². The van der Waals surface area contributed by atoms with Gasteiger partial charge < -0.3 is 10.4 Å². The Morgan fingerprint density at radius 3 is 2.40 bits per heavy atom. The fraction of sp³-hybridized carbons (Fsp3) is 0.769. The van der Waals surface area contributed by atoms with Gasteiger partial charge in [-0.1, -0.05) is 13.8 Å². The van der Waals surface area contributed by atoms with Crippen molar-refractivity contribution in [3.8, 4) is 0 Å². The molecule has 1 rings (SSSR count). The van der Waals surface area contributed by atoms with Crippen molar-refractivity contribution >= 4 is 11.5 Å². The summed E-state index contributed by atoms with van der Waals surface area (Å²) in [7, 11) is 0. The summed E-state index contributed by atoms with van der Waals surface area (Å²) in [6.07, 6.45) is 0.732. The fourth-order valence-corrected chi connectivity index (χ4v) is 2.21. The molecule has 1 aromatic rings. The Balaban J connectivity index is 3.16. The smallest absolute Gasteiger partial charge is 0.333 e. The van der Waals surface area contributed by atoms with E-state index in [4.69, 9.17) is 0 Å². The first-order valence-electron chi connectivity index (χ1n) is 6.88. The van der Waals surface area contributed by atoms with Crippen LogP contribution in [0.15, 0.2) is 0 Å². The number of aliphatic hydroxyl groups excluding tert-OH is 1. The van der Waals surface area contributed by atoms with Gasteiger partial charge in [0.05, 0.1) is 17.6 Å². The van der Waals surface area contributed by atoms with Gasteiger partial charge in [-0.05, 0) is 33.1 Å². The van der Waals surface area contributed by atoms with Gasteiger partial charge in [0.25, 0.3) is 0 Å². The van der Waals surface area contributed by atoms with Crippen molar-refractivity contribution in [1.29, 1.82) is 0 Å². The van der Waals surface area contributed by atoms with E-state index >= 15 is 0 Å². The Bertz CT molecular complexity index is 468. The molecule has 1 aromatic heterocycles. The van der Waals surface area contributed by atoms with Crippen LogP contribution in [0, 0.1) is 23.0 Å². The lowest BCUT2D eigenvalue weighted by atomic mass is 10.0. The first-order valence-corrected chi connectivity index (χ1v) is 6.88. The summed E-state index contributed by atoms with van der Waals surface area (Å²) in [4.78, 5) is 10.8. The van der Waals surface area contributed by atoms with Gasteiger partial charge in [0.1, 0.15) is 5.69 Å². The second-order valence-electron chi connectivity index (χ2n) is 5.73. The average molecular weight is 284 g/mol. The van der Waals surface area contributed by atoms with E-state index < -0.39 is 4.92 Å². The third-order valence-electron chi connectivity index (χ3n) is 3.04. The molecule has 0 aliphatic rings. The normalized spacial score (nSPS) is 13.0. The number of rotatable bonds is 7. The molecule has 0 fully saturated rings. The largest absolute Gasteiger partial charge is 0.394 e. The van der Waals surface area contributed by atoms with Gasteiger partial charge in [-0.25, -0.2) is 4.68 Å². The number of aliphatic hydroxyl groups is 1. The third kappa shape index (κ3) is 3.69. The van der Waals surface area contributed by atoms with Crippen LogP contribution in [-0.2, 0) is 0 Å². The molecule has 0 saturated carbocycles. The minimum Gasteiger partial charge on any atom is -0.394 e. The summed E-state index contributed by atoms with van der Waals surface area (Å²) >= 11 is 0. The van der Waals surface area contributed by atoms with E-state index in [2.05, 4.69) is 10.4 Å². The Hall–Kier alpha value is -1.63. The molecular formula is C13H24N4O3. The van der Waals surface area contributed by atoms with Crippen molar-refractivity contribution in [2.45, 2.75) is 53.1 Å². The van der Waals surface area contributed by atoms with Crippen LogP contribution in [0.2, 0.25) is 0 Å². The number of nitrogens with zero attached hydrogens (tertiary/aromatic N) is 3. The zero-order valence-corrected chi connectivity index (χ0v) is 12.8. The lowest BCUT2D eigenvalue weighted by Gasteiger charge is -2.20. The quantitative estimate of drug-likeness (QED) is 0.592. The maximum Gasteiger partial charge on any atom is 0.333 e. The van der Waals surface area contributed by atoms with Gasteiger partial charge in [-0.3, -0.25) is 10.1 Å². The highest BCUT2D eigenvalue weighted by Crippen LogP contribution is 2.31. The van der Waals surface area contributed by atoms with E-state index in [1.54, 1.807) is 11.6 Å². The van der Waals surface area contributed by atoms with E-state index in [0.717, 1.165) is 6.42 Å². The van der Waals surface area contributed by atoms with Crippen molar-refractivity contribution in [2.24, 2.45) is 5.92 Å². The molecule has 0 spiro atoms. The average Bonchev–Trinajstić information content (AvgIpc) is 2.64. The maximum atomic E-state index is 11.2. The predicted molar refractivity (Wildman–Crippen MR) is 78.0 cm³/mol. The molecule has 1 unspecified atom stereocenters. The molecule has 1 heterocycles. The molecular weight excluding hydrogens is 260 g/mol. The Morgan fingerprint density at radius 1 is 1.40 bits per heavy atom. The fourth-order valence-electron chi connectivity index (χ4n) is 2.21. The van der Waals surface area contributed by atoms with Crippen LogP contribution >= 0.6 is 0 Å². The van der Waals surface area contributed by atoms with E-state index in [0.29, 0.717) is 17.4 Å². The van der Waals surface area contributed by atoms with E-state index in [-0.39, 0.29) is 24.4 Å². The van der Waals surface area contributed by atoms with Crippen LogP contribution in [0.25, 0.3) is 0 Å². The summed E-state index contributed by atoms with van der Waals surface area (Å²) in [5.41, 5.74) is 0.369. The van der Waals surface area contributed by atoms with Crippen LogP contribution in [0.1, 0.15) is 45.9 Å². The first-order chi connectivity index (χ1) is 9.27. The van der Waals surface area contributed by atoms with Gasteiger partial charge in [0, 0.05) is 6.04 Å². The third-order valence-corrected chi connectivity index (χ3v) is 3.04. The molecule has 0 radical (unpaired) electrons. The molecule has 0 bridgehead atoms. The van der Waals surface area contributed by atoms with Gasteiger partial charge in [0.2, 0.25) is 5.82 Å². The highest BCUT2D eigenvalue weighted by Gasteiger charge is 2.28. The standard InChI is InChI=1S/C13H24N4O3/c1-8(2)6-11(7-18)14-13-12(17(19)20)10(5)15-16(13)9(3)4/h8-9,11,14,18H,6-7H2,1-5H3. The van der Waals surface area contributed by atoms with Crippen molar-refractivity contribution in [3.63, 3.8) is 0 Å². The Labute approximate surface area is 119 Å². The minimum atomic E-state index is -0.423. The van der Waals surface area contributed by atoms with E-state index in [1.165, 1.54) is 0 Å². The number of anilines is 1. The topological polar surface area (TPSA) is 93.2 Å². The molecule has 0 aromatic carbocycles. The van der Waals surface area contributed by atoms with Crippen LogP contribution in [0.4, 0.5) is 11.5 Å². The monoisotopic (exact) mass is 284 g/mol. The highest BCUT2D eigenvalue weighted by molar-refractivity contribution is 5.60. The molecule has 0 amide bonds. The molecule has 114 valence electrons. The van der Waals surface area contributed by atoms with Gasteiger partial charge in [-0.15, -0.1) is 0 Å². The van der Waals surface area contributed by atoms with Gasteiger partial charge >= 0.3 is 5.69 Å². The minimum absolute atomic E-state index is 0.00305. The number of aromatic nitrogens is 2. The molecule has 20 heavy (non-hydrogen) atoms. The number of nitrogens with one attached hydrogen (secondary N) is 1. The molecule has 0 aliphatic heterocycles. The van der Waals surface area contributed by atoms with E-state index in [1.807, 2.05) is 27.7 Å². The summed E-state index contributed by atoms with van der Waals surface area (Å²) in [5.74, 6) is 0.762. The Morgan fingerprint density at radius 2 is 2.00 bits per heavy atom. The van der Waals surface area contributed by atoms with Crippen LogP contribution in [-0.4, -0.2) is 32.5 Å². The van der Waals surface area contributed by atoms with Crippen molar-refractivity contribution in [2.75, 3.05) is 11.9 Å². The summed E-state index contributed by atoms with van der Waals surface area (Å²) < 4.78 is 1.61. The molecule has 0 saturated heterocycles. The lowest BCUT2D eigenvalue weighted by Crippen LogP contribution is -2.27. The lowest BCUT2D eigenvalue weighted by molar-refractivity contribution is -0.384. The number of nitro groups is 1. The number of hydrogen-bond acceptors (Lipinski definition) is 5. The highest BCUT2D eigenvalue weighted by atomic mass is 16.6. The molecule has 1 atom stereocenters. The zero-order valence-electron chi connectivity index (χ0n) is 12.8. The summed E-state index contributed by atoms with van der Waals surface area (Å²) in [6, 6.07) is -0.217. The molecule has 0 aliphatic carbocycles. The second kappa shape index (κ2) is 6.69. The number of aryl methyl sites for hydroxylation is 1. The Kier molecular flexibility index (Phi) is 5.50. The predicted octanol–water partition coefficient (Wildman–Crippen LogP) is 2.50. The van der Waals surface area contributed by atoms with Crippen LogP contribution < -0.4 is 5.32 Å². The summed E-state index contributed by atoms with van der Waals surface area (Å²) in [5, 5.41) is 28.0. The summed E-state index contributed by atoms with van der Waals surface area (Å²) in [6.45, 7) is 9.47. The first kappa shape index (κ1) is 16.4. The maximum absolute atomic E-state index is 11.2. The second-order valence-corrected chi connectivity index (χ2v) is 5.73. The zero-order chi connectivity index (χ0) is 15.4. The van der Waals surface area contributed by atoms with Crippen molar-refractivity contribution < 1.29 is 10.0 Å². The molecule has 7 nitrogen and oxygen atoms in total. The molecule has 2 N–H and O–H groups in total. The van der Waals surface area contributed by atoms with Crippen LogP contribution in [0.3, 0.4) is 0 Å².